The normalized spacial score (nSPS) is 12.7. The van der Waals surface area contributed by atoms with E-state index in [1.165, 1.54) is 6.07 Å². The summed E-state index contributed by atoms with van der Waals surface area (Å²) in [6.45, 7) is 4.79. The van der Waals surface area contributed by atoms with Crippen molar-refractivity contribution in [1.29, 1.82) is 0 Å². The molecule has 3 N–H and O–H groups in total. The van der Waals surface area contributed by atoms with Crippen LogP contribution in [0.2, 0.25) is 0 Å². The minimum atomic E-state index is -0.657. The van der Waals surface area contributed by atoms with E-state index in [9.17, 15) is 14.7 Å². The third-order valence-corrected chi connectivity index (χ3v) is 5.74. The summed E-state index contributed by atoms with van der Waals surface area (Å²) >= 11 is 0. The van der Waals surface area contributed by atoms with Crippen LogP contribution in [0.1, 0.15) is 61.0 Å². The van der Waals surface area contributed by atoms with Gasteiger partial charge in [-0.15, -0.1) is 0 Å². The zero-order valence-electron chi connectivity index (χ0n) is 20.5. The molecular formula is C27H35NO7. The molecule has 0 unspecified atom stereocenters. The van der Waals surface area contributed by atoms with Crippen molar-refractivity contribution in [3.05, 3.63) is 47.0 Å². The van der Waals surface area contributed by atoms with Gasteiger partial charge >= 0.3 is 5.97 Å². The maximum atomic E-state index is 11.7. The molecule has 8 nitrogen and oxygen atoms in total. The number of esters is 1. The molecular weight excluding hydrogens is 450 g/mol. The number of nitrogens with two attached hydrogens (primary N) is 1. The lowest BCUT2D eigenvalue weighted by Crippen LogP contribution is -2.15. The lowest BCUT2D eigenvalue weighted by atomic mass is 10.0. The first-order chi connectivity index (χ1) is 16.9. The molecule has 0 spiro atoms. The Morgan fingerprint density at radius 1 is 0.971 bits per heavy atom. The number of primary amides is 1. The van der Waals surface area contributed by atoms with E-state index in [1.807, 2.05) is 18.2 Å². The molecule has 3 rings (SSSR count). The smallest absolute Gasteiger partial charge is 0.344 e. The molecule has 0 heterocycles. The number of rotatable bonds is 15. The lowest BCUT2D eigenvalue weighted by Gasteiger charge is -2.17. The number of phenols is 1. The van der Waals surface area contributed by atoms with Crippen LogP contribution in [0.3, 0.4) is 0 Å². The Morgan fingerprint density at radius 3 is 2.23 bits per heavy atom. The molecule has 0 aliphatic heterocycles. The van der Waals surface area contributed by atoms with Crippen molar-refractivity contribution in [3.8, 4) is 23.0 Å². The van der Waals surface area contributed by atoms with Crippen molar-refractivity contribution in [2.75, 3.05) is 26.4 Å². The second kappa shape index (κ2) is 12.9. The molecule has 1 fully saturated rings. The van der Waals surface area contributed by atoms with E-state index in [2.05, 4.69) is 6.92 Å². The van der Waals surface area contributed by atoms with Crippen LogP contribution in [0.15, 0.2) is 30.3 Å². The van der Waals surface area contributed by atoms with Crippen molar-refractivity contribution in [2.45, 2.75) is 52.4 Å². The number of ether oxygens (including phenoxy) is 4. The van der Waals surface area contributed by atoms with Gasteiger partial charge in [-0.1, -0.05) is 19.4 Å². The molecule has 2 aromatic carbocycles. The first-order valence-electron chi connectivity index (χ1n) is 12.2. The first-order valence-corrected chi connectivity index (χ1v) is 12.2. The molecule has 35 heavy (non-hydrogen) atoms. The lowest BCUT2D eigenvalue weighted by molar-refractivity contribution is -0.145. The van der Waals surface area contributed by atoms with Crippen LogP contribution < -0.4 is 19.9 Å². The molecule has 2 aromatic rings. The van der Waals surface area contributed by atoms with E-state index < -0.39 is 11.9 Å². The molecule has 0 radical (unpaired) electrons. The van der Waals surface area contributed by atoms with Crippen molar-refractivity contribution < 1.29 is 33.6 Å². The van der Waals surface area contributed by atoms with Crippen LogP contribution >= 0.6 is 0 Å². The van der Waals surface area contributed by atoms with E-state index in [0.29, 0.717) is 61.4 Å². The molecule has 1 aliphatic rings. The fraction of sp³-hybridized carbons (Fsp3) is 0.481. The molecule has 8 heteroatoms. The van der Waals surface area contributed by atoms with Crippen LogP contribution in [-0.4, -0.2) is 43.4 Å². The zero-order valence-corrected chi connectivity index (χ0v) is 20.5. The van der Waals surface area contributed by atoms with Crippen LogP contribution in [0, 0.1) is 5.92 Å². The second-order valence-corrected chi connectivity index (χ2v) is 8.58. The average molecular weight is 486 g/mol. The van der Waals surface area contributed by atoms with Crippen LogP contribution in [0.5, 0.6) is 23.0 Å². The summed E-state index contributed by atoms with van der Waals surface area (Å²) in [7, 11) is 0. The minimum Gasteiger partial charge on any atom is -0.507 e. The number of benzene rings is 2. The molecule has 190 valence electrons. The van der Waals surface area contributed by atoms with Gasteiger partial charge < -0.3 is 29.8 Å². The fourth-order valence-corrected chi connectivity index (χ4v) is 3.83. The van der Waals surface area contributed by atoms with E-state index >= 15 is 0 Å². The van der Waals surface area contributed by atoms with Gasteiger partial charge in [-0.25, -0.2) is 4.79 Å². The predicted molar refractivity (Wildman–Crippen MR) is 131 cm³/mol. The van der Waals surface area contributed by atoms with Crippen LogP contribution in [0.4, 0.5) is 0 Å². The standard InChI is InChI=1S/C27H35NO7/c1-3-7-19-22(8-5-9-23(19)35-17-25(29)32-4-2)33-14-6-15-34-24-13-12-20(27(28)31)26(30)21(24)16-18-10-11-18/h5,8-9,12-13,18,30H,3-4,6-7,10-11,14-17H2,1-2H3,(H2,28,31). The van der Waals surface area contributed by atoms with E-state index in [0.717, 1.165) is 31.2 Å². The van der Waals surface area contributed by atoms with Crippen LogP contribution in [-0.2, 0) is 22.4 Å². The van der Waals surface area contributed by atoms with Crippen molar-refractivity contribution in [3.63, 3.8) is 0 Å². The van der Waals surface area contributed by atoms with E-state index in [1.54, 1.807) is 13.0 Å². The Hall–Kier alpha value is -3.42. The SMILES string of the molecule is CCCc1c(OCCCOc2ccc(C(N)=O)c(O)c2CC2CC2)cccc1OCC(=O)OCC. The zero-order chi connectivity index (χ0) is 25.2. The summed E-state index contributed by atoms with van der Waals surface area (Å²) in [5.74, 6) is 1.26. The topological polar surface area (TPSA) is 117 Å². The van der Waals surface area contributed by atoms with Gasteiger partial charge in [0, 0.05) is 17.5 Å². The number of hydrogen-bond donors (Lipinski definition) is 2. The Morgan fingerprint density at radius 2 is 1.63 bits per heavy atom. The van der Waals surface area contributed by atoms with Gasteiger partial charge in [0.15, 0.2) is 6.61 Å². The Kier molecular flexibility index (Phi) is 9.64. The Balaban J connectivity index is 1.57. The van der Waals surface area contributed by atoms with Crippen molar-refractivity contribution in [2.24, 2.45) is 11.7 Å². The molecule has 0 saturated heterocycles. The fourth-order valence-electron chi connectivity index (χ4n) is 3.83. The summed E-state index contributed by atoms with van der Waals surface area (Å²) in [5.41, 5.74) is 7.05. The second-order valence-electron chi connectivity index (χ2n) is 8.58. The molecule has 0 aromatic heterocycles. The quantitative estimate of drug-likeness (QED) is 0.287. The third-order valence-electron chi connectivity index (χ3n) is 5.74. The summed E-state index contributed by atoms with van der Waals surface area (Å²) in [4.78, 5) is 23.3. The van der Waals surface area contributed by atoms with Crippen molar-refractivity contribution in [1.82, 2.24) is 0 Å². The highest BCUT2D eigenvalue weighted by Crippen LogP contribution is 2.40. The molecule has 0 atom stereocenters. The first kappa shape index (κ1) is 26.2. The minimum absolute atomic E-state index is 0.0815. The van der Waals surface area contributed by atoms with Crippen LogP contribution in [0.25, 0.3) is 0 Å². The molecule has 1 saturated carbocycles. The predicted octanol–water partition coefficient (Wildman–Crippen LogP) is 4.19. The highest BCUT2D eigenvalue weighted by atomic mass is 16.6. The van der Waals surface area contributed by atoms with Gasteiger partial charge in [0.1, 0.15) is 23.0 Å². The number of hydrogen-bond acceptors (Lipinski definition) is 7. The maximum absolute atomic E-state index is 11.7. The maximum Gasteiger partial charge on any atom is 0.344 e. The van der Waals surface area contributed by atoms with Gasteiger partial charge in [0.2, 0.25) is 0 Å². The van der Waals surface area contributed by atoms with E-state index in [-0.39, 0.29) is 17.9 Å². The van der Waals surface area contributed by atoms with E-state index in [4.69, 9.17) is 24.7 Å². The number of amides is 1. The van der Waals surface area contributed by atoms with Gasteiger partial charge in [-0.3, -0.25) is 4.79 Å². The summed E-state index contributed by atoms with van der Waals surface area (Å²) in [6.07, 6.45) is 5.14. The largest absolute Gasteiger partial charge is 0.507 e. The Labute approximate surface area is 206 Å². The monoisotopic (exact) mass is 485 g/mol. The summed E-state index contributed by atoms with van der Waals surface area (Å²) in [6, 6.07) is 8.74. The summed E-state index contributed by atoms with van der Waals surface area (Å²) < 4.78 is 22.6. The number of aromatic hydroxyl groups is 1. The third kappa shape index (κ3) is 7.53. The highest BCUT2D eigenvalue weighted by molar-refractivity contribution is 5.96. The molecule has 0 bridgehead atoms. The molecule has 1 amide bonds. The average Bonchev–Trinajstić information content (AvgIpc) is 3.65. The highest BCUT2D eigenvalue weighted by Gasteiger charge is 2.26. The van der Waals surface area contributed by atoms with Gasteiger partial charge in [0.05, 0.1) is 25.4 Å². The van der Waals surface area contributed by atoms with Gasteiger partial charge in [-0.2, -0.15) is 0 Å². The number of carbonyl (C=O) groups excluding carboxylic acids is 2. The van der Waals surface area contributed by atoms with Gasteiger partial charge in [-0.05, 0) is 62.8 Å². The summed E-state index contributed by atoms with van der Waals surface area (Å²) in [5, 5.41) is 10.5. The number of carbonyl (C=O) groups is 2. The van der Waals surface area contributed by atoms with Crippen molar-refractivity contribution >= 4 is 11.9 Å². The molecule has 1 aliphatic carbocycles. The van der Waals surface area contributed by atoms with Gasteiger partial charge in [0.25, 0.3) is 5.91 Å². The Bertz CT molecular complexity index is 1020.